The van der Waals surface area contributed by atoms with E-state index in [2.05, 4.69) is 16.5 Å². The number of aromatic nitrogens is 2. The van der Waals surface area contributed by atoms with Crippen LogP contribution in [-0.4, -0.2) is 35.6 Å². The summed E-state index contributed by atoms with van der Waals surface area (Å²) in [5.41, 5.74) is 3.55. The quantitative estimate of drug-likeness (QED) is 0.838. The number of hydrogen-bond donors (Lipinski definition) is 1. The molecule has 2 bridgehead atoms. The van der Waals surface area contributed by atoms with Crippen molar-refractivity contribution in [3.63, 3.8) is 0 Å². The molecule has 1 saturated heterocycles. The lowest BCUT2D eigenvalue weighted by Gasteiger charge is -2.43. The molecule has 5 atom stereocenters. The maximum atomic E-state index is 13.2. The van der Waals surface area contributed by atoms with Gasteiger partial charge in [-0.25, -0.2) is 8.42 Å². The second-order valence-corrected chi connectivity index (χ2v) is 11.2. The number of nitrogens with zero attached hydrogens (tertiary/aromatic N) is 3. The summed E-state index contributed by atoms with van der Waals surface area (Å²) < 4.78 is 30.0. The molecule has 0 amide bonds. The highest BCUT2D eigenvalue weighted by molar-refractivity contribution is 7.89. The summed E-state index contributed by atoms with van der Waals surface area (Å²) in [5.74, 6) is 2.34. The van der Waals surface area contributed by atoms with E-state index in [0.29, 0.717) is 41.7 Å². The lowest BCUT2D eigenvalue weighted by atomic mass is 9.69. The van der Waals surface area contributed by atoms with Crippen LogP contribution in [0, 0.1) is 17.8 Å². The number of anilines is 1. The molecule has 0 radical (unpaired) electrons. The molecule has 3 fully saturated rings. The van der Waals surface area contributed by atoms with E-state index in [1.807, 2.05) is 30.1 Å². The van der Waals surface area contributed by atoms with E-state index in [1.165, 1.54) is 30.5 Å². The Morgan fingerprint density at radius 2 is 1.90 bits per heavy atom. The van der Waals surface area contributed by atoms with Crippen LogP contribution in [0.25, 0.3) is 0 Å². The van der Waals surface area contributed by atoms with Gasteiger partial charge in [-0.2, -0.15) is 9.40 Å². The summed E-state index contributed by atoms with van der Waals surface area (Å²) in [6.07, 6.45) is 7.64. The van der Waals surface area contributed by atoms with Crippen molar-refractivity contribution in [3.05, 3.63) is 41.7 Å². The Morgan fingerprint density at radius 1 is 1.10 bits per heavy atom. The molecule has 1 aromatic heterocycles. The number of nitrogens with one attached hydrogen (secondary N) is 1. The predicted octanol–water partition coefficient (Wildman–Crippen LogP) is 3.50. The van der Waals surface area contributed by atoms with Gasteiger partial charge in [-0.3, -0.25) is 4.68 Å². The number of sulfonamides is 1. The average molecular weight is 413 g/mol. The monoisotopic (exact) mass is 412 g/mol. The molecule has 29 heavy (non-hydrogen) atoms. The number of aryl methyl sites for hydroxylation is 1. The molecule has 1 aromatic carbocycles. The molecule has 2 aromatic rings. The minimum absolute atomic E-state index is 0.247. The van der Waals surface area contributed by atoms with Crippen LogP contribution in [0.15, 0.2) is 35.4 Å². The smallest absolute Gasteiger partial charge is 0.243 e. The Kier molecular flexibility index (Phi) is 3.91. The normalized spacial score (nSPS) is 33.5. The summed E-state index contributed by atoms with van der Waals surface area (Å²) in [4.78, 5) is 0.473. The lowest BCUT2D eigenvalue weighted by molar-refractivity contribution is 0.242. The first-order valence-corrected chi connectivity index (χ1v) is 12.4. The lowest BCUT2D eigenvalue weighted by Crippen LogP contribution is -2.36. The van der Waals surface area contributed by atoms with Gasteiger partial charge in [0.05, 0.1) is 16.6 Å². The Bertz CT molecular complexity index is 1060. The first-order chi connectivity index (χ1) is 14.0. The van der Waals surface area contributed by atoms with E-state index >= 15 is 0 Å². The zero-order chi connectivity index (χ0) is 19.8. The summed E-state index contributed by atoms with van der Waals surface area (Å²) in [7, 11) is -1.37. The Hall–Kier alpha value is -1.86. The van der Waals surface area contributed by atoms with Gasteiger partial charge in [-0.15, -0.1) is 0 Å². The number of rotatable bonds is 3. The molecule has 1 N–H and O–H groups in total. The fourth-order valence-electron chi connectivity index (χ4n) is 6.69. The highest BCUT2D eigenvalue weighted by Crippen LogP contribution is 2.63. The van der Waals surface area contributed by atoms with Crippen LogP contribution in [0.3, 0.4) is 0 Å². The van der Waals surface area contributed by atoms with Crippen molar-refractivity contribution in [2.75, 3.05) is 18.4 Å². The van der Waals surface area contributed by atoms with E-state index in [0.717, 1.165) is 18.5 Å². The van der Waals surface area contributed by atoms with Gasteiger partial charge in [0.2, 0.25) is 10.0 Å². The van der Waals surface area contributed by atoms with Crippen molar-refractivity contribution in [3.8, 4) is 0 Å². The van der Waals surface area contributed by atoms with E-state index in [1.54, 1.807) is 10.4 Å². The van der Waals surface area contributed by atoms with Gasteiger partial charge < -0.3 is 5.32 Å². The van der Waals surface area contributed by atoms with Crippen LogP contribution < -0.4 is 5.32 Å². The highest BCUT2D eigenvalue weighted by Gasteiger charge is 2.54. The SMILES string of the molecule is Cn1nccc1C1Nc2ccc(S(=O)(=O)N3CCCC3)cc2C2C3CCC(C3)C12. The van der Waals surface area contributed by atoms with Gasteiger partial charge in [0.1, 0.15) is 0 Å². The van der Waals surface area contributed by atoms with Gasteiger partial charge in [0.25, 0.3) is 0 Å². The fourth-order valence-corrected chi connectivity index (χ4v) is 8.24. The van der Waals surface area contributed by atoms with Gasteiger partial charge in [0.15, 0.2) is 0 Å². The predicted molar refractivity (Wildman–Crippen MR) is 111 cm³/mol. The van der Waals surface area contributed by atoms with Crippen LogP contribution in [0.1, 0.15) is 55.3 Å². The Balaban J connectivity index is 1.44. The van der Waals surface area contributed by atoms with Crippen molar-refractivity contribution in [2.24, 2.45) is 24.8 Å². The van der Waals surface area contributed by atoms with Gasteiger partial charge in [-0.1, -0.05) is 0 Å². The van der Waals surface area contributed by atoms with Crippen LogP contribution in [0.4, 0.5) is 5.69 Å². The molecule has 2 aliphatic heterocycles. The molecule has 0 spiro atoms. The molecule has 6 nitrogen and oxygen atoms in total. The molecule has 5 unspecified atom stereocenters. The second kappa shape index (κ2) is 6.32. The van der Waals surface area contributed by atoms with Gasteiger partial charge in [-0.05, 0) is 85.6 Å². The number of fused-ring (bicyclic) bond motifs is 7. The van der Waals surface area contributed by atoms with E-state index < -0.39 is 10.0 Å². The zero-order valence-corrected chi connectivity index (χ0v) is 17.6. The maximum Gasteiger partial charge on any atom is 0.243 e. The summed E-state index contributed by atoms with van der Waals surface area (Å²) in [6, 6.07) is 8.17. The third kappa shape index (κ3) is 2.56. The van der Waals surface area contributed by atoms with Crippen molar-refractivity contribution >= 4 is 15.7 Å². The van der Waals surface area contributed by atoms with E-state index in [-0.39, 0.29) is 6.04 Å². The van der Waals surface area contributed by atoms with E-state index in [4.69, 9.17) is 0 Å². The third-order valence-corrected chi connectivity index (χ3v) is 9.83. The highest BCUT2D eigenvalue weighted by atomic mass is 32.2. The van der Waals surface area contributed by atoms with Gasteiger partial charge in [0, 0.05) is 32.0 Å². The minimum atomic E-state index is -3.39. The first-order valence-electron chi connectivity index (χ1n) is 10.9. The number of hydrogen-bond acceptors (Lipinski definition) is 4. The first kappa shape index (κ1) is 18.0. The van der Waals surface area contributed by atoms with Crippen LogP contribution in [-0.2, 0) is 17.1 Å². The molecule has 7 heteroatoms. The molecule has 4 aliphatic rings. The molecule has 2 aliphatic carbocycles. The third-order valence-electron chi connectivity index (χ3n) is 7.94. The van der Waals surface area contributed by atoms with Crippen LogP contribution >= 0.6 is 0 Å². The standard InChI is InChI=1S/C22H28N4O2S/c1-25-19(8-9-23-25)22-21-15-5-4-14(12-15)20(21)17-13-16(6-7-18(17)24-22)29(27,28)26-10-2-3-11-26/h6-9,13-15,20-22,24H,2-5,10-12H2,1H3. The Labute approximate surface area is 172 Å². The van der Waals surface area contributed by atoms with Crippen molar-refractivity contribution in [2.45, 2.75) is 49.0 Å². The molecule has 2 saturated carbocycles. The van der Waals surface area contributed by atoms with Gasteiger partial charge >= 0.3 is 0 Å². The topological polar surface area (TPSA) is 67.2 Å². The minimum Gasteiger partial charge on any atom is -0.376 e. The number of benzene rings is 1. The largest absolute Gasteiger partial charge is 0.376 e. The van der Waals surface area contributed by atoms with Crippen molar-refractivity contribution < 1.29 is 8.42 Å². The van der Waals surface area contributed by atoms with Crippen LogP contribution in [0.2, 0.25) is 0 Å². The Morgan fingerprint density at radius 3 is 2.66 bits per heavy atom. The van der Waals surface area contributed by atoms with Crippen molar-refractivity contribution in [1.82, 2.24) is 14.1 Å². The summed E-state index contributed by atoms with van der Waals surface area (Å²) >= 11 is 0. The van der Waals surface area contributed by atoms with Crippen molar-refractivity contribution in [1.29, 1.82) is 0 Å². The average Bonchev–Trinajstić information content (AvgIpc) is 3.51. The molecule has 6 rings (SSSR count). The van der Waals surface area contributed by atoms with Crippen LogP contribution in [0.5, 0.6) is 0 Å². The fraction of sp³-hybridized carbons (Fsp3) is 0.591. The molecular formula is C22H28N4O2S. The summed E-state index contributed by atoms with van der Waals surface area (Å²) in [5, 5.41) is 8.18. The summed E-state index contributed by atoms with van der Waals surface area (Å²) in [6.45, 7) is 1.30. The zero-order valence-electron chi connectivity index (χ0n) is 16.8. The molecule has 154 valence electrons. The molecular weight excluding hydrogens is 384 g/mol. The maximum absolute atomic E-state index is 13.2. The second-order valence-electron chi connectivity index (χ2n) is 9.30. The molecule has 3 heterocycles. The van der Waals surface area contributed by atoms with E-state index in [9.17, 15) is 8.42 Å².